The Bertz CT molecular complexity index is 344. The predicted molar refractivity (Wildman–Crippen MR) is 91.0 cm³/mol. The van der Waals surface area contributed by atoms with Crippen LogP contribution in [-0.4, -0.2) is 67.4 Å². The maximum atomic E-state index is 12.1. The lowest BCUT2D eigenvalue weighted by Gasteiger charge is -2.34. The zero-order valence-corrected chi connectivity index (χ0v) is 14.8. The fourth-order valence-corrected chi connectivity index (χ4v) is 2.57. The fourth-order valence-electron chi connectivity index (χ4n) is 2.57. The first-order chi connectivity index (χ1) is 9.93. The number of nitrogens with zero attached hydrogens (tertiary/aromatic N) is 2. The quantitative estimate of drug-likeness (QED) is 0.708. The van der Waals surface area contributed by atoms with Crippen molar-refractivity contribution in [3.05, 3.63) is 0 Å². The fraction of sp³-hybridized carbons (Fsp3) is 0.867. The van der Waals surface area contributed by atoms with Gasteiger partial charge in [-0.1, -0.05) is 6.92 Å². The van der Waals surface area contributed by atoms with Gasteiger partial charge in [0.05, 0.1) is 13.1 Å². The molecule has 1 atom stereocenters. The molecule has 1 aliphatic rings. The average molecular weight is 335 g/mol. The smallest absolute Gasteiger partial charge is 0.239 e. The van der Waals surface area contributed by atoms with E-state index in [0.29, 0.717) is 19.0 Å². The van der Waals surface area contributed by atoms with Crippen LogP contribution in [0.2, 0.25) is 0 Å². The number of likely N-dealkylation sites (tertiary alicyclic amines) is 1. The highest BCUT2D eigenvalue weighted by molar-refractivity contribution is 5.85. The third-order valence-corrected chi connectivity index (χ3v) is 4.11. The molecule has 22 heavy (non-hydrogen) atoms. The third-order valence-electron chi connectivity index (χ3n) is 4.11. The summed E-state index contributed by atoms with van der Waals surface area (Å²) in [6, 6.07) is 0.229. The number of nitrogens with one attached hydrogen (secondary N) is 1. The van der Waals surface area contributed by atoms with Crippen molar-refractivity contribution in [2.24, 2.45) is 11.7 Å². The van der Waals surface area contributed by atoms with Gasteiger partial charge in [-0.2, -0.15) is 0 Å². The number of hydrogen-bond donors (Lipinski definition) is 2. The molecule has 7 heteroatoms. The average Bonchev–Trinajstić information content (AvgIpc) is 2.45. The van der Waals surface area contributed by atoms with Gasteiger partial charge in [-0.15, -0.1) is 12.4 Å². The lowest BCUT2D eigenvalue weighted by molar-refractivity contribution is -0.135. The lowest BCUT2D eigenvalue weighted by Crippen LogP contribution is -2.46. The summed E-state index contributed by atoms with van der Waals surface area (Å²) in [5.41, 5.74) is 5.92. The molecule has 0 aliphatic carbocycles. The Hall–Kier alpha value is -0.850. The molecule has 0 aromatic rings. The van der Waals surface area contributed by atoms with E-state index in [1.54, 1.807) is 7.05 Å². The van der Waals surface area contributed by atoms with Gasteiger partial charge in [-0.3, -0.25) is 14.5 Å². The summed E-state index contributed by atoms with van der Waals surface area (Å²) in [4.78, 5) is 27.4. The monoisotopic (exact) mass is 334 g/mol. The van der Waals surface area contributed by atoms with Crippen LogP contribution in [0.3, 0.4) is 0 Å². The molecule has 0 aromatic carbocycles. The Labute approximate surface area is 140 Å². The standard InChI is InChI=1S/C15H30N4O2.ClH/c1-4-7-17-14(20)10-18(3)15(21)11-19-8-5-13(6-9-19)12(2)16;/h12-13H,4-11,16H2,1-3H3,(H,17,20);1H. The number of halogens is 1. The van der Waals surface area contributed by atoms with Gasteiger partial charge in [0.2, 0.25) is 11.8 Å². The molecule has 0 bridgehead atoms. The molecule has 0 spiro atoms. The molecule has 0 radical (unpaired) electrons. The highest BCUT2D eigenvalue weighted by atomic mass is 35.5. The Kier molecular flexibility index (Phi) is 10.4. The first-order valence-corrected chi connectivity index (χ1v) is 7.92. The van der Waals surface area contributed by atoms with E-state index in [1.807, 2.05) is 13.8 Å². The van der Waals surface area contributed by atoms with Crippen molar-refractivity contribution in [1.82, 2.24) is 15.1 Å². The van der Waals surface area contributed by atoms with Crippen LogP contribution in [0.4, 0.5) is 0 Å². The third kappa shape index (κ3) is 7.42. The molecule has 1 heterocycles. The molecule has 1 saturated heterocycles. The molecule has 0 aromatic heterocycles. The molecule has 3 N–H and O–H groups in total. The molecule has 1 fully saturated rings. The van der Waals surface area contributed by atoms with E-state index in [-0.39, 0.29) is 36.8 Å². The summed E-state index contributed by atoms with van der Waals surface area (Å²) in [6.07, 6.45) is 3.00. The van der Waals surface area contributed by atoms with Crippen molar-refractivity contribution in [2.75, 3.05) is 39.8 Å². The molecule has 130 valence electrons. The van der Waals surface area contributed by atoms with E-state index in [4.69, 9.17) is 5.73 Å². The van der Waals surface area contributed by atoms with Crippen molar-refractivity contribution in [2.45, 2.75) is 39.2 Å². The molecular weight excluding hydrogens is 304 g/mol. The summed E-state index contributed by atoms with van der Waals surface area (Å²) < 4.78 is 0. The summed E-state index contributed by atoms with van der Waals surface area (Å²) in [6.45, 7) is 7.06. The largest absolute Gasteiger partial charge is 0.355 e. The van der Waals surface area contributed by atoms with Crippen molar-refractivity contribution in [3.8, 4) is 0 Å². The number of rotatable bonds is 7. The lowest BCUT2D eigenvalue weighted by atomic mass is 9.91. The second-order valence-corrected chi connectivity index (χ2v) is 6.07. The van der Waals surface area contributed by atoms with Gasteiger partial charge in [0.15, 0.2) is 0 Å². The van der Waals surface area contributed by atoms with E-state index in [1.165, 1.54) is 4.90 Å². The minimum absolute atomic E-state index is 0. The molecule has 0 saturated carbocycles. The second kappa shape index (κ2) is 10.8. The molecule has 1 aliphatic heterocycles. The summed E-state index contributed by atoms with van der Waals surface area (Å²) >= 11 is 0. The zero-order valence-electron chi connectivity index (χ0n) is 14.0. The minimum Gasteiger partial charge on any atom is -0.355 e. The van der Waals surface area contributed by atoms with Crippen LogP contribution in [0.5, 0.6) is 0 Å². The highest BCUT2D eigenvalue weighted by Crippen LogP contribution is 2.19. The number of carbonyl (C=O) groups is 2. The topological polar surface area (TPSA) is 78.7 Å². The van der Waals surface area contributed by atoms with Gasteiger partial charge in [-0.05, 0) is 45.2 Å². The van der Waals surface area contributed by atoms with Gasteiger partial charge < -0.3 is 16.0 Å². The normalized spacial score (nSPS) is 17.5. The number of likely N-dealkylation sites (N-methyl/N-ethyl adjacent to an activating group) is 1. The second-order valence-electron chi connectivity index (χ2n) is 6.07. The maximum Gasteiger partial charge on any atom is 0.239 e. The van der Waals surface area contributed by atoms with Gasteiger partial charge in [0.1, 0.15) is 0 Å². The highest BCUT2D eigenvalue weighted by Gasteiger charge is 2.24. The predicted octanol–water partition coefficient (Wildman–Crippen LogP) is 0.452. The van der Waals surface area contributed by atoms with Gasteiger partial charge in [-0.25, -0.2) is 0 Å². The first kappa shape index (κ1) is 21.1. The first-order valence-electron chi connectivity index (χ1n) is 7.92. The van der Waals surface area contributed by atoms with Gasteiger partial charge in [0, 0.05) is 19.6 Å². The van der Waals surface area contributed by atoms with Crippen LogP contribution in [0.15, 0.2) is 0 Å². The van der Waals surface area contributed by atoms with E-state index in [9.17, 15) is 9.59 Å². The van der Waals surface area contributed by atoms with E-state index >= 15 is 0 Å². The van der Waals surface area contributed by atoms with E-state index in [2.05, 4.69) is 10.2 Å². The summed E-state index contributed by atoms with van der Waals surface area (Å²) in [5, 5.41) is 2.78. The maximum absolute atomic E-state index is 12.1. The molecule has 2 amide bonds. The Balaban J connectivity index is 0.00000441. The Morgan fingerprint density at radius 2 is 1.95 bits per heavy atom. The van der Waals surface area contributed by atoms with Crippen LogP contribution in [-0.2, 0) is 9.59 Å². The van der Waals surface area contributed by atoms with Crippen LogP contribution in [0, 0.1) is 5.92 Å². The summed E-state index contributed by atoms with van der Waals surface area (Å²) in [7, 11) is 1.68. The van der Waals surface area contributed by atoms with E-state index < -0.39 is 0 Å². The Morgan fingerprint density at radius 1 is 1.36 bits per heavy atom. The van der Waals surface area contributed by atoms with Crippen molar-refractivity contribution < 1.29 is 9.59 Å². The van der Waals surface area contributed by atoms with Crippen molar-refractivity contribution >= 4 is 24.2 Å². The van der Waals surface area contributed by atoms with Crippen LogP contribution >= 0.6 is 12.4 Å². The number of amides is 2. The van der Waals surface area contributed by atoms with Crippen LogP contribution in [0.1, 0.15) is 33.1 Å². The molecule has 1 rings (SSSR count). The SMILES string of the molecule is CCCNC(=O)CN(C)C(=O)CN1CCC(C(C)N)CC1.Cl. The molecule has 1 unspecified atom stereocenters. The minimum atomic E-state index is -0.0941. The molecule has 6 nitrogen and oxygen atoms in total. The number of carbonyl (C=O) groups excluding carboxylic acids is 2. The Morgan fingerprint density at radius 3 is 2.45 bits per heavy atom. The van der Waals surface area contributed by atoms with Crippen molar-refractivity contribution in [1.29, 1.82) is 0 Å². The van der Waals surface area contributed by atoms with Crippen LogP contribution < -0.4 is 11.1 Å². The number of hydrogen-bond acceptors (Lipinski definition) is 4. The number of piperidine rings is 1. The summed E-state index contributed by atoms with van der Waals surface area (Å²) in [5.74, 6) is 0.471. The van der Waals surface area contributed by atoms with Gasteiger partial charge in [0.25, 0.3) is 0 Å². The zero-order chi connectivity index (χ0) is 15.8. The van der Waals surface area contributed by atoms with Gasteiger partial charge >= 0.3 is 0 Å². The molecular formula is C15H31ClN4O2. The van der Waals surface area contributed by atoms with E-state index in [0.717, 1.165) is 32.4 Å². The number of nitrogens with two attached hydrogens (primary N) is 1. The van der Waals surface area contributed by atoms with Crippen molar-refractivity contribution in [3.63, 3.8) is 0 Å². The van der Waals surface area contributed by atoms with Crippen LogP contribution in [0.25, 0.3) is 0 Å².